The lowest BCUT2D eigenvalue weighted by molar-refractivity contribution is -0.191. The number of ketones is 1. The number of aliphatic hydroxyl groups is 1. The van der Waals surface area contributed by atoms with Gasteiger partial charge in [0, 0.05) is 17.9 Å². The highest BCUT2D eigenvalue weighted by atomic mass is 16.3. The third kappa shape index (κ3) is 3.17. The van der Waals surface area contributed by atoms with Crippen molar-refractivity contribution in [2.45, 2.75) is 99.5 Å². The Kier molecular flexibility index (Phi) is 5.63. The van der Waals surface area contributed by atoms with Crippen molar-refractivity contribution in [1.29, 1.82) is 5.26 Å². The summed E-state index contributed by atoms with van der Waals surface area (Å²) < 4.78 is 0. The summed E-state index contributed by atoms with van der Waals surface area (Å²) in [4.78, 5) is 26.7. The molecule has 3 saturated carbocycles. The van der Waals surface area contributed by atoms with Gasteiger partial charge in [-0.15, -0.1) is 0 Å². The van der Waals surface area contributed by atoms with Crippen molar-refractivity contribution < 1.29 is 14.7 Å². The van der Waals surface area contributed by atoms with Gasteiger partial charge in [0.15, 0.2) is 5.78 Å². The second kappa shape index (κ2) is 7.81. The highest BCUT2D eigenvalue weighted by Gasteiger charge is 2.70. The number of Topliss-reactive ketones (excluding diaryl/α,β-unsaturated/α-hetero) is 1. The minimum Gasteiger partial charge on any atom is -0.389 e. The predicted molar refractivity (Wildman–Crippen MR) is 144 cm³/mol. The van der Waals surface area contributed by atoms with Crippen LogP contribution in [-0.4, -0.2) is 29.9 Å². The van der Waals surface area contributed by atoms with Crippen LogP contribution in [0.5, 0.6) is 0 Å². The number of rotatable bonds is 1. The molecule has 3 fully saturated rings. The van der Waals surface area contributed by atoms with Gasteiger partial charge in [0.25, 0.3) is 0 Å². The van der Waals surface area contributed by atoms with E-state index in [1.807, 2.05) is 19.9 Å². The van der Waals surface area contributed by atoms with E-state index in [2.05, 4.69) is 52.1 Å². The third-order valence-corrected chi connectivity index (χ3v) is 12.7. The first kappa shape index (κ1) is 26.7. The molecule has 0 heterocycles. The van der Waals surface area contributed by atoms with Crippen LogP contribution in [0.4, 0.5) is 0 Å². The molecule has 0 aromatic carbocycles. The summed E-state index contributed by atoms with van der Waals surface area (Å²) in [6, 6.07) is 2.20. The Morgan fingerprint density at radius 1 is 1.05 bits per heavy atom. The first-order valence-corrected chi connectivity index (χ1v) is 14.3. The maximum Gasteiger partial charge on any atom is 0.226 e. The fourth-order valence-electron chi connectivity index (χ4n) is 10.5. The standard InChI is InChI=1S/C32H46N2O3/c1-27(2)11-13-32(26(37)34-8)14-12-31(7)24(20(32)17-27)21(35)15-23-29(5)16-19(18-33)25(36)28(3,4)22(29)9-10-30(23,31)6/h15-16,20-22,24,35H,9-14,17H2,1-8H3,(H,34,37)/t20-,21?,22?,24+,29+,30-,31-,32+/m1/s1. The highest BCUT2D eigenvalue weighted by molar-refractivity contribution is 6.04. The van der Waals surface area contributed by atoms with Gasteiger partial charge in [0.05, 0.1) is 17.1 Å². The van der Waals surface area contributed by atoms with Crippen molar-refractivity contribution in [1.82, 2.24) is 5.32 Å². The van der Waals surface area contributed by atoms with E-state index in [-0.39, 0.29) is 51.3 Å². The van der Waals surface area contributed by atoms with Crippen LogP contribution in [0, 0.1) is 61.6 Å². The van der Waals surface area contributed by atoms with Crippen LogP contribution in [0.25, 0.3) is 0 Å². The van der Waals surface area contributed by atoms with Crippen LogP contribution in [0.2, 0.25) is 0 Å². The summed E-state index contributed by atoms with van der Waals surface area (Å²) in [6.45, 7) is 15.6. The lowest BCUT2D eigenvalue weighted by Crippen LogP contribution is -2.67. The van der Waals surface area contributed by atoms with Crippen LogP contribution in [-0.2, 0) is 9.59 Å². The molecule has 0 bridgehead atoms. The average molecular weight is 507 g/mol. The first-order valence-electron chi connectivity index (χ1n) is 14.3. The van der Waals surface area contributed by atoms with E-state index in [0.29, 0.717) is 0 Å². The van der Waals surface area contributed by atoms with Gasteiger partial charge in [-0.25, -0.2) is 0 Å². The van der Waals surface area contributed by atoms with Gasteiger partial charge in [-0.1, -0.05) is 66.2 Å². The van der Waals surface area contributed by atoms with Gasteiger partial charge in [-0.2, -0.15) is 5.26 Å². The fourth-order valence-corrected chi connectivity index (χ4v) is 10.5. The number of fused-ring (bicyclic) bond motifs is 7. The maximum absolute atomic E-state index is 13.5. The minimum absolute atomic E-state index is 0.00956. The molecule has 5 aliphatic rings. The van der Waals surface area contributed by atoms with Crippen LogP contribution in [0.3, 0.4) is 0 Å². The van der Waals surface area contributed by atoms with Crippen LogP contribution in [0.15, 0.2) is 23.3 Å². The molecule has 0 aromatic rings. The van der Waals surface area contributed by atoms with E-state index < -0.39 is 22.3 Å². The summed E-state index contributed by atoms with van der Waals surface area (Å²) in [7, 11) is 1.76. The van der Waals surface area contributed by atoms with Gasteiger partial charge in [0.2, 0.25) is 5.91 Å². The van der Waals surface area contributed by atoms with Crippen LogP contribution >= 0.6 is 0 Å². The zero-order chi connectivity index (χ0) is 27.4. The quantitative estimate of drug-likeness (QED) is 0.444. The number of nitrogens with zero attached hydrogens (tertiary/aromatic N) is 1. The molecule has 37 heavy (non-hydrogen) atoms. The molecule has 2 unspecified atom stereocenters. The van der Waals surface area contributed by atoms with E-state index >= 15 is 0 Å². The molecule has 0 radical (unpaired) electrons. The van der Waals surface area contributed by atoms with Crippen molar-refractivity contribution in [3.63, 3.8) is 0 Å². The number of aliphatic hydroxyl groups excluding tert-OH is 1. The van der Waals surface area contributed by atoms with E-state index in [4.69, 9.17) is 0 Å². The van der Waals surface area contributed by atoms with Crippen molar-refractivity contribution in [3.8, 4) is 6.07 Å². The van der Waals surface area contributed by atoms with Crippen molar-refractivity contribution in [2.75, 3.05) is 7.05 Å². The summed E-state index contributed by atoms with van der Waals surface area (Å²) >= 11 is 0. The van der Waals surface area contributed by atoms with Crippen molar-refractivity contribution in [3.05, 3.63) is 23.3 Å². The Labute approximate surface area is 223 Å². The molecule has 5 aliphatic carbocycles. The number of nitriles is 1. The van der Waals surface area contributed by atoms with Crippen LogP contribution in [0.1, 0.15) is 93.4 Å². The molecular weight excluding hydrogens is 460 g/mol. The Hall–Kier alpha value is -1.93. The molecule has 0 saturated heterocycles. The van der Waals surface area contributed by atoms with E-state index in [1.54, 1.807) is 7.05 Å². The third-order valence-electron chi connectivity index (χ3n) is 12.7. The Balaban J connectivity index is 1.70. The molecule has 2 N–H and O–H groups in total. The lowest BCUT2D eigenvalue weighted by Gasteiger charge is -2.70. The first-order chi connectivity index (χ1) is 17.0. The van der Waals surface area contributed by atoms with E-state index in [9.17, 15) is 20.0 Å². The minimum atomic E-state index is -0.661. The van der Waals surface area contributed by atoms with Gasteiger partial charge >= 0.3 is 0 Å². The van der Waals surface area contributed by atoms with Crippen molar-refractivity contribution in [2.24, 2.45) is 50.2 Å². The lowest BCUT2D eigenvalue weighted by atomic mass is 9.34. The molecule has 0 spiro atoms. The van der Waals surface area contributed by atoms with Crippen LogP contribution < -0.4 is 5.32 Å². The molecule has 5 nitrogen and oxygen atoms in total. The summed E-state index contributed by atoms with van der Waals surface area (Å²) in [6.07, 6.45) is 9.83. The second-order valence-electron chi connectivity index (χ2n) is 15.2. The number of allylic oxidation sites excluding steroid dienone is 3. The fraction of sp³-hybridized carbons (Fsp3) is 0.781. The Morgan fingerprint density at radius 3 is 2.32 bits per heavy atom. The summed E-state index contributed by atoms with van der Waals surface area (Å²) in [5.41, 5.74) is -0.305. The molecular formula is C32H46N2O3. The topological polar surface area (TPSA) is 90.2 Å². The molecule has 1 amide bonds. The number of hydrogen-bond donors (Lipinski definition) is 2. The largest absolute Gasteiger partial charge is 0.389 e. The number of nitrogens with one attached hydrogen (secondary N) is 1. The molecule has 202 valence electrons. The zero-order valence-corrected chi connectivity index (χ0v) is 24.1. The average Bonchev–Trinajstić information content (AvgIpc) is 2.82. The van der Waals surface area contributed by atoms with Gasteiger partial charge in [0.1, 0.15) is 6.07 Å². The van der Waals surface area contributed by atoms with Crippen molar-refractivity contribution >= 4 is 11.7 Å². The monoisotopic (exact) mass is 506 g/mol. The number of amides is 1. The molecule has 0 aromatic heterocycles. The Bertz CT molecular complexity index is 1160. The summed E-state index contributed by atoms with van der Waals surface area (Å²) in [5.74, 6) is 0.273. The zero-order valence-electron chi connectivity index (χ0n) is 24.1. The highest BCUT2D eigenvalue weighted by Crippen LogP contribution is 2.75. The molecule has 5 heteroatoms. The van der Waals surface area contributed by atoms with E-state index in [1.165, 1.54) is 5.57 Å². The van der Waals surface area contributed by atoms with E-state index in [0.717, 1.165) is 44.9 Å². The molecule has 0 aliphatic heterocycles. The Morgan fingerprint density at radius 2 is 1.70 bits per heavy atom. The van der Waals surface area contributed by atoms with Gasteiger partial charge < -0.3 is 10.4 Å². The SMILES string of the molecule is CNC(=O)[C@]12CCC(C)(C)C[C@@H]1[C@H]1C(O)C=C3[C@@]4(C)C=C(C#N)C(=O)C(C)(C)C4CC[C@@]3(C)[C@]1(C)CC2. The predicted octanol–water partition coefficient (Wildman–Crippen LogP) is 5.74. The summed E-state index contributed by atoms with van der Waals surface area (Å²) in [5, 5.41) is 24.9. The van der Waals surface area contributed by atoms with Gasteiger partial charge in [-0.3, -0.25) is 9.59 Å². The van der Waals surface area contributed by atoms with Gasteiger partial charge in [-0.05, 0) is 78.9 Å². The molecule has 5 rings (SSSR count). The number of hydrogen-bond acceptors (Lipinski definition) is 4. The second-order valence-corrected chi connectivity index (χ2v) is 15.2. The maximum atomic E-state index is 13.5. The molecule has 8 atom stereocenters. The number of carbonyl (C=O) groups is 2. The normalized spacial score (nSPS) is 47.6. The smallest absolute Gasteiger partial charge is 0.226 e. The number of carbonyl (C=O) groups excluding carboxylic acids is 2.